The monoisotopic (exact) mass is 224 g/mol. The van der Waals surface area contributed by atoms with E-state index >= 15 is 0 Å². The van der Waals surface area contributed by atoms with E-state index in [0.29, 0.717) is 0 Å². The van der Waals surface area contributed by atoms with Gasteiger partial charge in [-0.15, -0.1) is 0 Å². The van der Waals surface area contributed by atoms with Crippen LogP contribution < -0.4 is 0 Å². The van der Waals surface area contributed by atoms with Crippen LogP contribution in [0.3, 0.4) is 0 Å². The van der Waals surface area contributed by atoms with E-state index in [1.54, 1.807) is 0 Å². The van der Waals surface area contributed by atoms with Crippen molar-refractivity contribution in [2.45, 2.75) is 13.0 Å². The third-order valence-electron chi connectivity index (χ3n) is 1.92. The Kier molecular flexibility index (Phi) is 3.88. The first-order chi connectivity index (χ1) is 7.54. The summed E-state index contributed by atoms with van der Waals surface area (Å²) in [6, 6.07) is 5.53. The summed E-state index contributed by atoms with van der Waals surface area (Å²) < 4.78 is 9.25. The van der Waals surface area contributed by atoms with Crippen molar-refractivity contribution in [1.82, 2.24) is 0 Å². The van der Waals surface area contributed by atoms with Gasteiger partial charge in [-0.1, -0.05) is 0 Å². The minimum Gasteiger partial charge on any atom is -0.508 e. The maximum Gasteiger partial charge on any atom is 0.346 e. The lowest BCUT2D eigenvalue weighted by Crippen LogP contribution is -2.25. The van der Waals surface area contributed by atoms with Gasteiger partial charge in [-0.05, 0) is 31.2 Å². The number of hydrogen-bond acceptors (Lipinski definition) is 5. The lowest BCUT2D eigenvalue weighted by molar-refractivity contribution is -0.149. The molecule has 0 aliphatic rings. The Morgan fingerprint density at radius 1 is 1.25 bits per heavy atom. The summed E-state index contributed by atoms with van der Waals surface area (Å²) in [5.41, 5.74) is 0.258. The molecule has 1 N–H and O–H groups in total. The molecule has 0 amide bonds. The molecule has 0 unspecified atom stereocenters. The number of carbonyl (C=O) groups excluding carboxylic acids is 2. The van der Waals surface area contributed by atoms with Crippen LogP contribution in [0.15, 0.2) is 24.3 Å². The number of hydrogen-bond donors (Lipinski definition) is 1. The minimum atomic E-state index is -0.952. The van der Waals surface area contributed by atoms with Gasteiger partial charge in [0, 0.05) is 0 Å². The van der Waals surface area contributed by atoms with E-state index in [-0.39, 0.29) is 11.3 Å². The molecule has 86 valence electrons. The van der Waals surface area contributed by atoms with Crippen LogP contribution in [0.1, 0.15) is 17.3 Å². The zero-order valence-electron chi connectivity index (χ0n) is 8.97. The highest BCUT2D eigenvalue weighted by atomic mass is 16.6. The molecule has 5 nitrogen and oxygen atoms in total. The summed E-state index contributed by atoms with van der Waals surface area (Å²) >= 11 is 0. The fraction of sp³-hybridized carbons (Fsp3) is 0.273. The molecule has 0 bridgehead atoms. The smallest absolute Gasteiger partial charge is 0.346 e. The van der Waals surface area contributed by atoms with Crippen LogP contribution in [0.25, 0.3) is 0 Å². The lowest BCUT2D eigenvalue weighted by atomic mass is 10.2. The van der Waals surface area contributed by atoms with Crippen molar-refractivity contribution >= 4 is 11.9 Å². The highest BCUT2D eigenvalue weighted by Crippen LogP contribution is 2.11. The molecule has 0 heterocycles. The minimum absolute atomic E-state index is 0.0533. The van der Waals surface area contributed by atoms with Gasteiger partial charge in [-0.3, -0.25) is 0 Å². The maximum absolute atomic E-state index is 11.5. The van der Waals surface area contributed by atoms with Crippen molar-refractivity contribution in [3.63, 3.8) is 0 Å². The van der Waals surface area contributed by atoms with Crippen molar-refractivity contribution in [3.05, 3.63) is 29.8 Å². The molecule has 0 saturated carbocycles. The molecule has 0 fully saturated rings. The second kappa shape index (κ2) is 5.16. The van der Waals surface area contributed by atoms with E-state index in [4.69, 9.17) is 9.84 Å². The van der Waals surface area contributed by atoms with E-state index in [1.165, 1.54) is 38.3 Å². The Balaban J connectivity index is 2.65. The van der Waals surface area contributed by atoms with Crippen LogP contribution in [0.2, 0.25) is 0 Å². The predicted octanol–water partition coefficient (Wildman–Crippen LogP) is 1.11. The highest BCUT2D eigenvalue weighted by Gasteiger charge is 2.18. The first-order valence-corrected chi connectivity index (χ1v) is 4.62. The lowest BCUT2D eigenvalue weighted by Gasteiger charge is -2.10. The van der Waals surface area contributed by atoms with Crippen LogP contribution in [-0.4, -0.2) is 30.3 Å². The fourth-order valence-electron chi connectivity index (χ4n) is 1.04. The van der Waals surface area contributed by atoms with Crippen LogP contribution in [0.5, 0.6) is 5.75 Å². The fourth-order valence-corrected chi connectivity index (χ4v) is 1.04. The molecular formula is C11H12O5. The average molecular weight is 224 g/mol. The standard InChI is InChI=1S/C11H12O5/c1-7(10(13)15-2)16-11(14)8-3-5-9(12)6-4-8/h3-7,12H,1-2H3/t7-/m0/s1. The number of benzene rings is 1. The zero-order valence-corrected chi connectivity index (χ0v) is 8.97. The first-order valence-electron chi connectivity index (χ1n) is 4.62. The average Bonchev–Trinajstić information content (AvgIpc) is 2.28. The molecule has 1 aromatic carbocycles. The van der Waals surface area contributed by atoms with Gasteiger partial charge in [-0.2, -0.15) is 0 Å². The van der Waals surface area contributed by atoms with E-state index in [1.807, 2.05) is 0 Å². The Morgan fingerprint density at radius 2 is 1.81 bits per heavy atom. The molecule has 0 spiro atoms. The molecule has 1 atom stereocenters. The Bertz CT molecular complexity index is 382. The summed E-state index contributed by atoms with van der Waals surface area (Å²) in [5, 5.41) is 9.02. The van der Waals surface area contributed by atoms with E-state index in [9.17, 15) is 9.59 Å². The second-order valence-corrected chi connectivity index (χ2v) is 3.12. The third kappa shape index (κ3) is 2.98. The summed E-state index contributed by atoms with van der Waals surface area (Å²) in [6.45, 7) is 1.42. The second-order valence-electron chi connectivity index (χ2n) is 3.12. The molecule has 0 saturated heterocycles. The molecule has 0 aromatic heterocycles. The largest absolute Gasteiger partial charge is 0.508 e. The van der Waals surface area contributed by atoms with Crippen LogP contribution in [0, 0.1) is 0 Å². The maximum atomic E-state index is 11.5. The quantitative estimate of drug-likeness (QED) is 0.778. The number of phenolic OH excluding ortho intramolecular Hbond substituents is 1. The van der Waals surface area contributed by atoms with Crippen molar-refractivity contribution in [2.75, 3.05) is 7.11 Å². The number of phenols is 1. The zero-order chi connectivity index (χ0) is 12.1. The molecule has 0 aliphatic heterocycles. The summed E-state index contributed by atoms with van der Waals surface area (Å²) in [5.74, 6) is -1.21. The number of rotatable bonds is 3. The topological polar surface area (TPSA) is 72.8 Å². The molecule has 1 rings (SSSR count). The first kappa shape index (κ1) is 12.0. The normalized spacial score (nSPS) is 11.6. The van der Waals surface area contributed by atoms with Gasteiger partial charge >= 0.3 is 11.9 Å². The van der Waals surface area contributed by atoms with Gasteiger partial charge in [0.25, 0.3) is 0 Å². The van der Waals surface area contributed by atoms with Gasteiger partial charge < -0.3 is 14.6 Å². The molecule has 1 aromatic rings. The van der Waals surface area contributed by atoms with Crippen molar-refractivity contribution in [1.29, 1.82) is 0 Å². The summed E-state index contributed by atoms with van der Waals surface area (Å²) in [7, 11) is 1.22. The van der Waals surface area contributed by atoms with Crippen molar-refractivity contribution in [2.24, 2.45) is 0 Å². The number of aromatic hydroxyl groups is 1. The number of ether oxygens (including phenoxy) is 2. The predicted molar refractivity (Wildman–Crippen MR) is 55.0 cm³/mol. The molecule has 0 radical (unpaired) electrons. The van der Waals surface area contributed by atoms with Crippen LogP contribution in [-0.2, 0) is 14.3 Å². The molecular weight excluding hydrogens is 212 g/mol. The van der Waals surface area contributed by atoms with E-state index < -0.39 is 18.0 Å². The molecule has 0 aliphatic carbocycles. The van der Waals surface area contributed by atoms with E-state index in [2.05, 4.69) is 4.74 Å². The van der Waals surface area contributed by atoms with Gasteiger partial charge in [0.15, 0.2) is 6.10 Å². The Labute approximate surface area is 92.6 Å². The van der Waals surface area contributed by atoms with Gasteiger partial charge in [0.1, 0.15) is 5.75 Å². The van der Waals surface area contributed by atoms with Crippen molar-refractivity contribution < 1.29 is 24.2 Å². The van der Waals surface area contributed by atoms with Crippen LogP contribution >= 0.6 is 0 Å². The summed E-state index contributed by atoms with van der Waals surface area (Å²) in [6.07, 6.45) is -0.952. The van der Waals surface area contributed by atoms with Crippen LogP contribution in [0.4, 0.5) is 0 Å². The van der Waals surface area contributed by atoms with Gasteiger partial charge in [0.05, 0.1) is 12.7 Å². The third-order valence-corrected chi connectivity index (χ3v) is 1.92. The SMILES string of the molecule is COC(=O)[C@H](C)OC(=O)c1ccc(O)cc1. The Hall–Kier alpha value is -2.04. The number of carbonyl (C=O) groups is 2. The molecule has 5 heteroatoms. The highest BCUT2D eigenvalue weighted by molar-refractivity contribution is 5.91. The van der Waals surface area contributed by atoms with Gasteiger partial charge in [-0.25, -0.2) is 9.59 Å². The van der Waals surface area contributed by atoms with E-state index in [0.717, 1.165) is 0 Å². The number of methoxy groups -OCH3 is 1. The number of esters is 2. The Morgan fingerprint density at radius 3 is 2.31 bits per heavy atom. The van der Waals surface area contributed by atoms with Crippen molar-refractivity contribution in [3.8, 4) is 5.75 Å². The summed E-state index contributed by atoms with van der Waals surface area (Å²) in [4.78, 5) is 22.5. The molecule has 16 heavy (non-hydrogen) atoms. The van der Waals surface area contributed by atoms with Gasteiger partial charge in [0.2, 0.25) is 0 Å².